The molecule has 0 atom stereocenters. The molecule has 2 rings (SSSR count). The van der Waals surface area contributed by atoms with Crippen molar-refractivity contribution in [3.63, 3.8) is 0 Å². The summed E-state index contributed by atoms with van der Waals surface area (Å²) in [6.07, 6.45) is 4.41. The summed E-state index contributed by atoms with van der Waals surface area (Å²) in [4.78, 5) is 0. The second-order valence-corrected chi connectivity index (χ2v) is 4.80. The minimum absolute atomic E-state index is 0.617. The van der Waals surface area contributed by atoms with E-state index in [2.05, 4.69) is 42.1 Å². The van der Waals surface area contributed by atoms with Crippen LogP contribution in [0.1, 0.15) is 18.1 Å². The number of nitrogens with two attached hydrogens (primary N) is 1. The van der Waals surface area contributed by atoms with Crippen LogP contribution in [-0.4, -0.2) is 10.8 Å². The summed E-state index contributed by atoms with van der Waals surface area (Å²) in [5.74, 6) is 1.07. The first-order valence-corrected chi connectivity index (χ1v) is 6.99. The van der Waals surface area contributed by atoms with Crippen LogP contribution in [-0.2, 0) is 18.8 Å². The van der Waals surface area contributed by atoms with Gasteiger partial charge in [-0.2, -0.15) is 11.8 Å². The number of nitrogens with zero attached hydrogens (tertiary/aromatic N) is 1. The van der Waals surface area contributed by atoms with Crippen molar-refractivity contribution in [2.75, 3.05) is 6.26 Å². The van der Waals surface area contributed by atoms with E-state index >= 15 is 0 Å². The predicted octanol–water partition coefficient (Wildman–Crippen LogP) is 2.98. The van der Waals surface area contributed by atoms with E-state index in [9.17, 15) is 0 Å². The molecule has 2 nitrogen and oxygen atoms in total. The minimum Gasteiger partial charge on any atom is -0.347 e. The summed E-state index contributed by atoms with van der Waals surface area (Å²) in [5.41, 5.74) is 9.64. The fourth-order valence-corrected chi connectivity index (χ4v) is 2.62. The Kier molecular flexibility index (Phi) is 3.56. The zero-order valence-electron chi connectivity index (χ0n) is 9.86. The third-order valence-corrected chi connectivity index (χ3v) is 3.50. The van der Waals surface area contributed by atoms with Gasteiger partial charge in [-0.15, -0.1) is 0 Å². The predicted molar refractivity (Wildman–Crippen MR) is 72.7 cm³/mol. The summed E-state index contributed by atoms with van der Waals surface area (Å²) >= 11 is 1.86. The Balaban J connectivity index is 2.60. The van der Waals surface area contributed by atoms with Crippen LogP contribution < -0.4 is 5.73 Å². The van der Waals surface area contributed by atoms with Gasteiger partial charge >= 0.3 is 0 Å². The molecule has 2 aromatic rings. The van der Waals surface area contributed by atoms with E-state index < -0.39 is 0 Å². The highest BCUT2D eigenvalue weighted by atomic mass is 32.2. The van der Waals surface area contributed by atoms with E-state index in [4.69, 9.17) is 5.73 Å². The van der Waals surface area contributed by atoms with E-state index in [0.29, 0.717) is 6.54 Å². The van der Waals surface area contributed by atoms with Gasteiger partial charge in [0.25, 0.3) is 0 Å². The Bertz CT molecular complexity index is 488. The van der Waals surface area contributed by atoms with Gasteiger partial charge in [0.05, 0.1) is 0 Å². The summed E-state index contributed by atoms with van der Waals surface area (Å²) < 4.78 is 2.31. The lowest BCUT2D eigenvalue weighted by molar-refractivity contribution is 0.795. The molecule has 86 valence electrons. The highest BCUT2D eigenvalue weighted by molar-refractivity contribution is 7.97. The second kappa shape index (κ2) is 4.93. The van der Waals surface area contributed by atoms with Gasteiger partial charge in [-0.1, -0.05) is 6.07 Å². The van der Waals surface area contributed by atoms with Crippen LogP contribution in [0.5, 0.6) is 0 Å². The van der Waals surface area contributed by atoms with E-state index in [1.54, 1.807) is 0 Å². The topological polar surface area (TPSA) is 30.9 Å². The van der Waals surface area contributed by atoms with E-state index in [1.807, 2.05) is 11.8 Å². The van der Waals surface area contributed by atoms with Crippen molar-refractivity contribution >= 4 is 22.7 Å². The normalized spacial score (nSPS) is 11.2. The maximum atomic E-state index is 5.69. The van der Waals surface area contributed by atoms with Crippen molar-refractivity contribution in [1.82, 2.24) is 4.57 Å². The molecular formula is C13H18N2S. The van der Waals surface area contributed by atoms with Gasteiger partial charge in [0, 0.05) is 35.9 Å². The van der Waals surface area contributed by atoms with Gasteiger partial charge < -0.3 is 10.3 Å². The molecule has 0 bridgehead atoms. The summed E-state index contributed by atoms with van der Waals surface area (Å²) in [7, 11) is 0. The lowest BCUT2D eigenvalue weighted by Gasteiger charge is -2.01. The average molecular weight is 234 g/mol. The van der Waals surface area contributed by atoms with E-state index in [-0.39, 0.29) is 0 Å². The molecular weight excluding hydrogens is 216 g/mol. The smallest absolute Gasteiger partial charge is 0.0483 e. The lowest BCUT2D eigenvalue weighted by atomic mass is 10.1. The van der Waals surface area contributed by atoms with E-state index in [1.165, 1.54) is 22.0 Å². The van der Waals surface area contributed by atoms with Crippen molar-refractivity contribution in [2.24, 2.45) is 5.73 Å². The van der Waals surface area contributed by atoms with Crippen LogP contribution in [0.2, 0.25) is 0 Å². The molecule has 0 radical (unpaired) electrons. The second-order valence-electron chi connectivity index (χ2n) is 3.93. The lowest BCUT2D eigenvalue weighted by Crippen LogP contribution is -1.96. The third-order valence-electron chi connectivity index (χ3n) is 2.90. The molecule has 0 spiro atoms. The number of hydrogen-bond donors (Lipinski definition) is 1. The largest absolute Gasteiger partial charge is 0.347 e. The molecule has 2 N–H and O–H groups in total. The molecule has 0 saturated heterocycles. The molecule has 0 saturated carbocycles. The maximum absolute atomic E-state index is 5.69. The molecule has 0 unspecified atom stereocenters. The number of thioether (sulfide) groups is 1. The molecule has 0 fully saturated rings. The van der Waals surface area contributed by atoms with Crippen LogP contribution in [0.25, 0.3) is 10.9 Å². The molecule has 0 amide bonds. The molecule has 16 heavy (non-hydrogen) atoms. The van der Waals surface area contributed by atoms with Crippen LogP contribution in [0, 0.1) is 0 Å². The summed E-state index contributed by atoms with van der Waals surface area (Å²) in [6.45, 7) is 3.82. The number of aryl methyl sites for hydroxylation is 1. The Hall–Kier alpha value is -0.930. The van der Waals surface area contributed by atoms with Crippen molar-refractivity contribution in [3.8, 4) is 0 Å². The Labute approximate surface area is 101 Å². The number of fused-ring (bicyclic) bond motifs is 1. The molecule has 1 heterocycles. The molecule has 0 aliphatic carbocycles. The zero-order valence-corrected chi connectivity index (χ0v) is 10.7. The fourth-order valence-electron chi connectivity index (χ4n) is 2.08. The van der Waals surface area contributed by atoms with Crippen LogP contribution in [0.15, 0.2) is 24.4 Å². The maximum Gasteiger partial charge on any atom is 0.0483 e. The zero-order chi connectivity index (χ0) is 11.5. The van der Waals surface area contributed by atoms with Gasteiger partial charge in [0.2, 0.25) is 0 Å². The molecule has 0 aliphatic rings. The fraction of sp³-hybridized carbons (Fsp3) is 0.385. The first-order valence-electron chi connectivity index (χ1n) is 5.59. The van der Waals surface area contributed by atoms with Crippen molar-refractivity contribution in [3.05, 3.63) is 35.5 Å². The standard InChI is InChI=1S/C13H18N2S/c1-3-15-8-11(9-16-2)12-6-10(7-14)4-5-13(12)15/h4-6,8H,3,7,9,14H2,1-2H3. The third kappa shape index (κ3) is 1.97. The number of hydrogen-bond acceptors (Lipinski definition) is 2. The number of benzene rings is 1. The minimum atomic E-state index is 0.617. The van der Waals surface area contributed by atoms with Gasteiger partial charge in [-0.05, 0) is 36.4 Å². The van der Waals surface area contributed by atoms with Crippen LogP contribution in [0.3, 0.4) is 0 Å². The van der Waals surface area contributed by atoms with Gasteiger partial charge in [0.15, 0.2) is 0 Å². The quantitative estimate of drug-likeness (QED) is 0.881. The van der Waals surface area contributed by atoms with Gasteiger partial charge in [0.1, 0.15) is 0 Å². The molecule has 1 aromatic heterocycles. The Morgan fingerprint density at radius 2 is 2.19 bits per heavy atom. The van der Waals surface area contributed by atoms with Crippen LogP contribution in [0.4, 0.5) is 0 Å². The molecule has 0 aliphatic heterocycles. The van der Waals surface area contributed by atoms with Crippen molar-refractivity contribution in [1.29, 1.82) is 0 Å². The first-order chi connectivity index (χ1) is 7.80. The number of rotatable bonds is 4. The van der Waals surface area contributed by atoms with E-state index in [0.717, 1.165) is 12.3 Å². The summed E-state index contributed by atoms with van der Waals surface area (Å²) in [5, 5.41) is 1.36. The van der Waals surface area contributed by atoms with Gasteiger partial charge in [-0.3, -0.25) is 0 Å². The Morgan fingerprint density at radius 1 is 1.38 bits per heavy atom. The monoisotopic (exact) mass is 234 g/mol. The SMILES string of the molecule is CCn1cc(CSC)c2cc(CN)ccc21. The first kappa shape index (κ1) is 11.6. The average Bonchev–Trinajstić information content (AvgIpc) is 2.67. The van der Waals surface area contributed by atoms with Crippen LogP contribution >= 0.6 is 11.8 Å². The summed E-state index contributed by atoms with van der Waals surface area (Å²) in [6, 6.07) is 6.54. The van der Waals surface area contributed by atoms with Crippen molar-refractivity contribution < 1.29 is 0 Å². The van der Waals surface area contributed by atoms with Crippen molar-refractivity contribution in [2.45, 2.75) is 25.8 Å². The van der Waals surface area contributed by atoms with Gasteiger partial charge in [-0.25, -0.2) is 0 Å². The highest BCUT2D eigenvalue weighted by Gasteiger charge is 2.07. The molecule has 3 heteroatoms. The number of aromatic nitrogens is 1. The highest BCUT2D eigenvalue weighted by Crippen LogP contribution is 2.25. The Morgan fingerprint density at radius 3 is 2.81 bits per heavy atom. The molecule has 1 aromatic carbocycles.